The Morgan fingerprint density at radius 2 is 1.07 bits per heavy atom. The van der Waals surface area contributed by atoms with Crippen LogP contribution in [-0.4, -0.2) is 221 Å². The van der Waals surface area contributed by atoms with Crippen molar-refractivity contribution < 1.29 is 98.4 Å². The molecule has 0 spiro atoms. The van der Waals surface area contributed by atoms with Crippen molar-refractivity contribution in [3.63, 3.8) is 0 Å². The summed E-state index contributed by atoms with van der Waals surface area (Å²) in [6.45, 7) is 55.0. The van der Waals surface area contributed by atoms with E-state index in [9.17, 15) is 65.5 Å². The molecule has 2 aromatic carbocycles. The van der Waals surface area contributed by atoms with Crippen molar-refractivity contribution in [2.45, 2.75) is 245 Å². The molecule has 11 N–H and O–H groups in total. The largest absolute Gasteiger partial charge is 0.503 e. The van der Waals surface area contributed by atoms with Crippen LogP contribution in [0.3, 0.4) is 0 Å². The molecule has 0 aliphatic carbocycles. The molecule has 119 heavy (non-hydrogen) atoms. The normalized spacial score (nSPS) is 15.3. The number of fused-ring (bicyclic) bond motifs is 2. The van der Waals surface area contributed by atoms with Gasteiger partial charge in [0.15, 0.2) is 11.4 Å². The number of aromatic nitrogens is 1. The van der Waals surface area contributed by atoms with Gasteiger partial charge in [-0.05, 0) is 184 Å². The number of nitrogens with one attached hydrogen (secondary N) is 7. The van der Waals surface area contributed by atoms with Crippen LogP contribution in [0.15, 0.2) is 63.5 Å². The molecular formula is C82H142F2N14O20S. The highest BCUT2D eigenvalue weighted by molar-refractivity contribution is 7.86. The van der Waals surface area contributed by atoms with Crippen molar-refractivity contribution >= 4 is 58.2 Å². The standard InChI is InChI=1S/C23H26F2N4O4.C16H25NO5S.C12H26N2O2.C10H19NO4.C9H18N4O2.C7H18N2.C5H10O3/c1-12(2)28-8-13(3)9-29-18(28)11-27-10-16(20(30)21(31)19(27)23(29)33)22(32)26-7-14-4-5-15(24)6-17(14)25;1-12-6-8-14(9-7-12)23(19,20)21-11-13(2)10-17-15(18)22-16(3,4)5;1-9(2)13-7-10(3)8-14-11(15)16-12(4,5)6;1-7(8(12)14-5)6-11-9(13)15-10(2,3)4;1-7(6-12-13-10)5-11-8(14)15-9(2,3)4;1-6(2)9-5-7(3)4-8;1-4(3-6)5(7)8-2/h4-6,10,12-13,18,31H,7-9,11H2,1-3H3,(H,26,32);6-9,13H,10-11H2,1-5H3,(H,17,18);9-10,13H,7-8H2,1-6H3,(H,14,15);7H,6H2,1-5H3,(H,11,13);7H,5-6H2,1-4H3,(H,11,14);6-7,9H,4-5,8H2,1-3H3;4,6H,3H2,1-2H3/t13-,18?;13-;10-;3*7-;4-/m1010000/s1. The minimum Gasteiger partial charge on any atom is -0.503 e. The van der Waals surface area contributed by atoms with E-state index in [0.29, 0.717) is 56.2 Å². The monoisotopic (exact) mass is 1710 g/mol. The number of benzene rings is 2. The molecule has 37 heteroatoms. The second-order valence-corrected chi connectivity index (χ2v) is 35.9. The Morgan fingerprint density at radius 3 is 1.48 bits per heavy atom. The number of hydrogen-bond donors (Lipinski definition) is 10. The molecule has 2 aliphatic heterocycles. The molecule has 2 aliphatic rings. The van der Waals surface area contributed by atoms with Crippen molar-refractivity contribution in [1.29, 1.82) is 0 Å². The second kappa shape index (κ2) is 55.1. The third-order valence-corrected chi connectivity index (χ3v) is 17.4. The number of esters is 2. The Morgan fingerprint density at radius 1 is 0.622 bits per heavy atom. The van der Waals surface area contributed by atoms with Crippen molar-refractivity contribution in [2.24, 2.45) is 52.3 Å². The van der Waals surface area contributed by atoms with Crippen LogP contribution in [0.5, 0.6) is 5.75 Å². The number of aliphatic hydroxyl groups is 1. The van der Waals surface area contributed by atoms with Gasteiger partial charge in [0.25, 0.3) is 21.9 Å². The first-order valence-electron chi connectivity index (χ1n) is 39.8. The predicted octanol–water partition coefficient (Wildman–Crippen LogP) is 11.1. The molecule has 8 atom stereocenters. The molecule has 3 aromatic rings. The van der Waals surface area contributed by atoms with Gasteiger partial charge >= 0.3 is 36.3 Å². The number of aliphatic hydroxyl groups excluding tert-OH is 1. The zero-order valence-corrected chi connectivity index (χ0v) is 76.4. The summed E-state index contributed by atoms with van der Waals surface area (Å²) in [6, 6.07) is 10.6. The summed E-state index contributed by atoms with van der Waals surface area (Å²) in [5, 5.41) is 41.8. The number of rotatable bonds is 28. The van der Waals surface area contributed by atoms with Crippen LogP contribution < -0.4 is 48.4 Å². The molecule has 1 fully saturated rings. The first kappa shape index (κ1) is 112. The highest BCUT2D eigenvalue weighted by Gasteiger charge is 2.43. The lowest BCUT2D eigenvalue weighted by atomic mass is 10.0. The summed E-state index contributed by atoms with van der Waals surface area (Å²) in [6.07, 6.45) is -0.866. The number of carbonyl (C=O) groups is 8. The summed E-state index contributed by atoms with van der Waals surface area (Å²) >= 11 is 0. The number of halogens is 2. The molecule has 1 aromatic heterocycles. The number of aromatic hydroxyl groups is 1. The topological polar surface area (TPSA) is 463 Å². The Hall–Kier alpha value is -8.97. The highest BCUT2D eigenvalue weighted by Crippen LogP contribution is 2.31. The van der Waals surface area contributed by atoms with Crippen molar-refractivity contribution in [2.75, 3.05) is 92.9 Å². The quantitative estimate of drug-likeness (QED) is 0.00806. The van der Waals surface area contributed by atoms with Gasteiger partial charge in [-0.2, -0.15) is 8.42 Å². The number of aryl methyl sites for hydroxylation is 1. The van der Waals surface area contributed by atoms with Crippen LogP contribution in [0, 0.1) is 60.0 Å². The molecule has 0 bridgehead atoms. The molecule has 1 saturated heterocycles. The number of nitrogens with zero attached hydrogens (tertiary/aromatic N) is 6. The molecule has 680 valence electrons. The maximum absolute atomic E-state index is 13.9. The summed E-state index contributed by atoms with van der Waals surface area (Å²) in [4.78, 5) is 112. The smallest absolute Gasteiger partial charge is 0.407 e. The molecule has 0 saturated carbocycles. The number of azide groups is 1. The van der Waals surface area contributed by atoms with Crippen LogP contribution in [-0.2, 0) is 65.4 Å². The number of methoxy groups -OCH3 is 2. The fourth-order valence-electron chi connectivity index (χ4n) is 9.71. The summed E-state index contributed by atoms with van der Waals surface area (Å²) in [7, 11) is -1.17. The number of hydrogen-bond acceptors (Lipinski definition) is 25. The lowest BCUT2D eigenvalue weighted by Gasteiger charge is -2.50. The molecule has 3 heterocycles. The molecule has 6 amide bonds. The second-order valence-electron chi connectivity index (χ2n) is 34.3. The molecule has 34 nitrogen and oxygen atoms in total. The van der Waals surface area contributed by atoms with Crippen LogP contribution in [0.2, 0.25) is 0 Å². The van der Waals surface area contributed by atoms with E-state index in [1.165, 1.54) is 43.2 Å². The first-order chi connectivity index (χ1) is 54.8. The Labute approximate surface area is 704 Å². The maximum Gasteiger partial charge on any atom is 0.407 e. The zero-order valence-electron chi connectivity index (χ0n) is 75.5. The van der Waals surface area contributed by atoms with Gasteiger partial charge in [-0.3, -0.25) is 33.1 Å². The third-order valence-electron chi connectivity index (χ3n) is 16.1. The Bertz CT molecular complexity index is 3820. The van der Waals surface area contributed by atoms with Gasteiger partial charge < -0.3 is 91.1 Å². The Balaban J connectivity index is 0. The SMILES string of the molecule is CC(C)N1C[C@@H](C)CN2C(=O)c3c(O)c(=O)c(C(=O)NCc4ccc(F)cc4F)cn3CC21.CC(C)NC[C@@H](C)CN.CC(C)NC[C@@H](C)CNC(=O)OC(C)(C)C.COC(=O)[C@@H](C)CNC(=O)OC(C)(C)C.COC(=O)[C@@H](C)CO.C[C@H](CN=[N+]=[N-])CNC(=O)OC(C)(C)C.Cc1ccc(S(=O)(=O)OC[C@@H](C)CNC(=O)OC(C)(C)C)cc1. The van der Waals surface area contributed by atoms with Gasteiger partial charge in [0.2, 0.25) is 5.43 Å². The van der Waals surface area contributed by atoms with Crippen molar-refractivity contribution in [3.8, 4) is 5.75 Å². The maximum atomic E-state index is 13.9. The van der Waals surface area contributed by atoms with E-state index in [2.05, 4.69) is 103 Å². The van der Waals surface area contributed by atoms with Crippen molar-refractivity contribution in [3.05, 3.63) is 103 Å². The van der Waals surface area contributed by atoms with Gasteiger partial charge in [0, 0.05) is 93.2 Å². The number of ether oxygens (including phenoxy) is 6. The zero-order chi connectivity index (χ0) is 92.3. The van der Waals surface area contributed by atoms with Gasteiger partial charge in [0.05, 0.1) is 50.7 Å². The minimum atomic E-state index is -3.78. The van der Waals surface area contributed by atoms with Crippen LogP contribution in [0.25, 0.3) is 10.4 Å². The molecule has 1 unspecified atom stereocenters. The average molecular weight is 1710 g/mol. The summed E-state index contributed by atoms with van der Waals surface area (Å²) in [5.41, 5.74) is 11.0. The fourth-order valence-corrected chi connectivity index (χ4v) is 10.7. The summed E-state index contributed by atoms with van der Waals surface area (Å²) in [5.74, 6) is -3.98. The average Bonchev–Trinajstić information content (AvgIpc) is 0.741. The van der Waals surface area contributed by atoms with Crippen molar-refractivity contribution in [1.82, 2.24) is 51.6 Å². The number of carbonyl (C=O) groups excluding carboxylic acids is 8. The van der Waals surface area contributed by atoms with Crippen LogP contribution in [0.1, 0.15) is 205 Å². The predicted molar refractivity (Wildman–Crippen MR) is 452 cm³/mol. The minimum absolute atomic E-state index is 0.0218. The summed E-state index contributed by atoms with van der Waals surface area (Å²) < 4.78 is 86.6. The van der Waals surface area contributed by atoms with Gasteiger partial charge in [0.1, 0.15) is 45.8 Å². The van der Waals surface area contributed by atoms with Crippen LogP contribution >= 0.6 is 0 Å². The van der Waals surface area contributed by atoms with Crippen LogP contribution in [0.4, 0.5) is 28.0 Å². The number of amides is 6. The van der Waals surface area contributed by atoms with E-state index in [1.807, 2.05) is 55.4 Å². The Kier molecular flexibility index (Phi) is 51.8. The van der Waals surface area contributed by atoms with E-state index in [1.54, 1.807) is 100 Å². The number of alkyl carbamates (subject to hydrolysis) is 4. The van der Waals surface area contributed by atoms with Gasteiger partial charge in [-0.1, -0.05) is 98.1 Å². The lowest BCUT2D eigenvalue weighted by molar-refractivity contribution is -0.146. The van der Waals surface area contributed by atoms with E-state index < -0.39 is 85.4 Å². The van der Waals surface area contributed by atoms with Gasteiger partial charge in [-0.15, -0.1) is 0 Å². The molecule has 5 rings (SSSR count). The molecular weight excluding hydrogens is 1570 g/mol. The lowest BCUT2D eigenvalue weighted by Crippen LogP contribution is -2.64. The fraction of sp³-hybridized carbons (Fsp3) is 0.695. The first-order valence-corrected chi connectivity index (χ1v) is 41.2. The van der Waals surface area contributed by atoms with E-state index >= 15 is 0 Å². The highest BCUT2D eigenvalue weighted by atomic mass is 32.2. The third kappa shape index (κ3) is 50.7. The van der Waals surface area contributed by atoms with E-state index in [4.69, 9.17) is 39.5 Å². The number of pyridine rings is 1. The molecule has 0 radical (unpaired) electrons. The number of nitrogens with two attached hydrogens (primary N) is 1. The van der Waals surface area contributed by atoms with Gasteiger partial charge in [-0.25, -0.2) is 28.0 Å². The van der Waals surface area contributed by atoms with E-state index in [0.717, 1.165) is 37.8 Å². The van der Waals surface area contributed by atoms with E-state index in [-0.39, 0.29) is 121 Å².